The van der Waals surface area contributed by atoms with Crippen molar-refractivity contribution in [2.75, 3.05) is 10.0 Å². The van der Waals surface area contributed by atoms with Crippen molar-refractivity contribution in [3.05, 3.63) is 79.1 Å². The molecule has 0 bridgehead atoms. The molecule has 2 heterocycles. The summed E-state index contributed by atoms with van der Waals surface area (Å²) in [6.45, 7) is 0. The van der Waals surface area contributed by atoms with Crippen LogP contribution in [0.5, 0.6) is 0 Å². The summed E-state index contributed by atoms with van der Waals surface area (Å²) in [4.78, 5) is 9.21. The first kappa shape index (κ1) is 19.0. The second kappa shape index (κ2) is 7.37. The van der Waals surface area contributed by atoms with Crippen LogP contribution in [0.2, 0.25) is 0 Å². The highest BCUT2D eigenvalue weighted by Crippen LogP contribution is 2.30. The Labute approximate surface area is 178 Å². The zero-order valence-electron chi connectivity index (χ0n) is 16.5. The van der Waals surface area contributed by atoms with Gasteiger partial charge in [0.1, 0.15) is 4.90 Å². The summed E-state index contributed by atoms with van der Waals surface area (Å²) >= 11 is 0. The molecule has 3 aromatic carbocycles. The second-order valence-corrected chi connectivity index (χ2v) is 8.70. The second-order valence-electron chi connectivity index (χ2n) is 7.02. The maximum absolute atomic E-state index is 12.9. The topological polar surface area (TPSA) is 102 Å². The molecular formula is C22H18N6O2S. The predicted octanol–water partition coefficient (Wildman–Crippen LogP) is 4.06. The van der Waals surface area contributed by atoms with E-state index in [9.17, 15) is 8.42 Å². The van der Waals surface area contributed by atoms with Crippen molar-refractivity contribution in [2.45, 2.75) is 4.90 Å². The maximum atomic E-state index is 12.9. The molecule has 0 aliphatic heterocycles. The number of nitrogens with one attached hydrogen (secondary N) is 2. The first-order chi connectivity index (χ1) is 15.0. The lowest BCUT2D eigenvalue weighted by molar-refractivity contribution is 0.601. The van der Waals surface area contributed by atoms with Gasteiger partial charge < -0.3 is 5.32 Å². The van der Waals surface area contributed by atoms with Crippen LogP contribution in [-0.2, 0) is 17.1 Å². The molecule has 154 valence electrons. The lowest BCUT2D eigenvalue weighted by Crippen LogP contribution is -2.15. The van der Waals surface area contributed by atoms with Gasteiger partial charge in [-0.2, -0.15) is 5.10 Å². The number of hydrogen-bond donors (Lipinski definition) is 2. The van der Waals surface area contributed by atoms with Crippen LogP contribution >= 0.6 is 0 Å². The van der Waals surface area contributed by atoms with Crippen molar-refractivity contribution < 1.29 is 8.42 Å². The van der Waals surface area contributed by atoms with E-state index in [0.717, 1.165) is 16.5 Å². The molecule has 5 aromatic rings. The fourth-order valence-electron chi connectivity index (χ4n) is 3.34. The molecule has 0 spiro atoms. The number of rotatable bonds is 5. The van der Waals surface area contributed by atoms with E-state index in [1.807, 2.05) is 60.7 Å². The number of nitrogens with zero attached hydrogens (tertiary/aromatic N) is 4. The highest BCUT2D eigenvalue weighted by Gasteiger charge is 2.20. The third-order valence-corrected chi connectivity index (χ3v) is 6.13. The van der Waals surface area contributed by atoms with Gasteiger partial charge in [-0.05, 0) is 23.6 Å². The lowest BCUT2D eigenvalue weighted by Gasteiger charge is -2.14. The quantitative estimate of drug-likeness (QED) is 0.436. The van der Waals surface area contributed by atoms with Crippen LogP contribution in [0.15, 0.2) is 84.0 Å². The molecule has 8 nitrogen and oxygen atoms in total. The average Bonchev–Trinajstić information content (AvgIpc) is 3.22. The molecule has 0 saturated heterocycles. The standard InChI is InChI=1S/C22H18N6O2S/c1-28-14-16(13-23-28)31(29,30)27-22-21(25-19-10-4-5-11-20(19)26-22)24-18-12-6-8-15-7-2-3-9-17(15)18/h2-14H,1H3,(H,24,25)(H,26,27). The Morgan fingerprint density at radius 2 is 1.52 bits per heavy atom. The molecule has 9 heteroatoms. The maximum Gasteiger partial charge on any atom is 0.266 e. The van der Waals surface area contributed by atoms with Crippen LogP contribution in [-0.4, -0.2) is 28.2 Å². The van der Waals surface area contributed by atoms with Gasteiger partial charge in [-0.1, -0.05) is 48.5 Å². The smallest absolute Gasteiger partial charge is 0.266 e. The first-order valence-electron chi connectivity index (χ1n) is 9.53. The summed E-state index contributed by atoms with van der Waals surface area (Å²) in [5.74, 6) is 0.415. The summed E-state index contributed by atoms with van der Waals surface area (Å²) in [5.41, 5.74) is 2.02. The van der Waals surface area contributed by atoms with Gasteiger partial charge in [0, 0.05) is 24.3 Å². The number of fused-ring (bicyclic) bond motifs is 2. The van der Waals surface area contributed by atoms with E-state index in [0.29, 0.717) is 16.9 Å². The largest absolute Gasteiger partial charge is 0.337 e. The third kappa shape index (κ3) is 3.66. The molecule has 0 fully saturated rings. The minimum atomic E-state index is -3.89. The Hall–Kier alpha value is -3.98. The summed E-state index contributed by atoms with van der Waals surface area (Å²) in [5, 5.41) is 9.25. The van der Waals surface area contributed by atoms with E-state index >= 15 is 0 Å². The zero-order valence-corrected chi connectivity index (χ0v) is 17.3. The highest BCUT2D eigenvalue weighted by molar-refractivity contribution is 7.92. The Morgan fingerprint density at radius 1 is 0.839 bits per heavy atom. The molecule has 0 atom stereocenters. The van der Waals surface area contributed by atoms with Crippen LogP contribution in [0, 0.1) is 0 Å². The van der Waals surface area contributed by atoms with Crippen molar-refractivity contribution in [3.8, 4) is 0 Å². The van der Waals surface area contributed by atoms with Gasteiger partial charge in [-0.3, -0.25) is 9.40 Å². The van der Waals surface area contributed by atoms with Crippen molar-refractivity contribution in [3.63, 3.8) is 0 Å². The van der Waals surface area contributed by atoms with Crippen LogP contribution in [0.25, 0.3) is 21.8 Å². The zero-order chi connectivity index (χ0) is 21.4. The summed E-state index contributed by atoms with van der Waals surface area (Å²) in [7, 11) is -2.24. The fourth-order valence-corrected chi connectivity index (χ4v) is 4.34. The Morgan fingerprint density at radius 3 is 2.26 bits per heavy atom. The van der Waals surface area contributed by atoms with Gasteiger partial charge in [0.2, 0.25) is 0 Å². The Bertz CT molecular complexity index is 1520. The van der Waals surface area contributed by atoms with Crippen LogP contribution < -0.4 is 10.0 Å². The van der Waals surface area contributed by atoms with Crippen LogP contribution in [0.1, 0.15) is 0 Å². The van der Waals surface area contributed by atoms with E-state index in [4.69, 9.17) is 0 Å². The van der Waals surface area contributed by atoms with Gasteiger partial charge in [0.05, 0.1) is 17.2 Å². The molecule has 0 aliphatic rings. The van der Waals surface area contributed by atoms with E-state index in [2.05, 4.69) is 25.1 Å². The molecule has 5 rings (SSSR count). The number of benzene rings is 3. The number of anilines is 3. The van der Waals surface area contributed by atoms with Crippen LogP contribution in [0.3, 0.4) is 0 Å². The van der Waals surface area contributed by atoms with Crippen LogP contribution in [0.4, 0.5) is 17.3 Å². The van der Waals surface area contributed by atoms with E-state index in [1.54, 1.807) is 13.1 Å². The number of hydrogen-bond acceptors (Lipinski definition) is 6. The van der Waals surface area contributed by atoms with Gasteiger partial charge in [0.15, 0.2) is 11.6 Å². The van der Waals surface area contributed by atoms with Gasteiger partial charge in [-0.25, -0.2) is 18.4 Å². The molecule has 0 amide bonds. The predicted molar refractivity (Wildman–Crippen MR) is 121 cm³/mol. The van der Waals surface area contributed by atoms with Gasteiger partial charge in [0.25, 0.3) is 10.0 Å². The molecule has 2 aromatic heterocycles. The van der Waals surface area contributed by atoms with Crippen molar-refractivity contribution >= 4 is 49.2 Å². The third-order valence-electron chi connectivity index (χ3n) is 4.84. The number of para-hydroxylation sites is 2. The Balaban J connectivity index is 1.63. The average molecular weight is 430 g/mol. The number of sulfonamides is 1. The van der Waals surface area contributed by atoms with E-state index in [-0.39, 0.29) is 10.7 Å². The lowest BCUT2D eigenvalue weighted by atomic mass is 10.1. The van der Waals surface area contributed by atoms with Gasteiger partial charge in [-0.15, -0.1) is 0 Å². The number of aryl methyl sites for hydroxylation is 1. The van der Waals surface area contributed by atoms with Crippen molar-refractivity contribution in [1.29, 1.82) is 0 Å². The molecule has 0 aliphatic carbocycles. The van der Waals surface area contributed by atoms with E-state index in [1.165, 1.54) is 17.1 Å². The summed E-state index contributed by atoms with van der Waals surface area (Å²) < 4.78 is 29.8. The van der Waals surface area contributed by atoms with Gasteiger partial charge >= 0.3 is 0 Å². The highest BCUT2D eigenvalue weighted by atomic mass is 32.2. The number of aromatic nitrogens is 4. The van der Waals surface area contributed by atoms with E-state index < -0.39 is 10.0 Å². The molecule has 0 saturated carbocycles. The summed E-state index contributed by atoms with van der Waals surface area (Å²) in [6.07, 6.45) is 2.71. The fraction of sp³-hybridized carbons (Fsp3) is 0.0455. The van der Waals surface area contributed by atoms with Crippen molar-refractivity contribution in [2.24, 2.45) is 7.05 Å². The summed E-state index contributed by atoms with van der Waals surface area (Å²) in [6, 6.07) is 21.1. The molecular weight excluding hydrogens is 412 g/mol. The molecule has 0 radical (unpaired) electrons. The normalized spacial score (nSPS) is 11.6. The molecule has 2 N–H and O–H groups in total. The first-order valence-corrected chi connectivity index (χ1v) is 11.0. The minimum Gasteiger partial charge on any atom is -0.337 e. The molecule has 0 unspecified atom stereocenters. The monoisotopic (exact) mass is 430 g/mol. The molecule has 31 heavy (non-hydrogen) atoms. The Kier molecular flexibility index (Phi) is 4.52. The SMILES string of the molecule is Cn1cc(S(=O)(=O)Nc2nc3ccccc3nc2Nc2cccc3ccccc23)cn1. The minimum absolute atomic E-state index is 0.0427. The van der Waals surface area contributed by atoms with Crippen molar-refractivity contribution in [1.82, 2.24) is 19.7 Å².